The van der Waals surface area contributed by atoms with Gasteiger partial charge in [0.2, 0.25) is 11.8 Å². The zero-order valence-corrected chi connectivity index (χ0v) is 17.4. The van der Waals surface area contributed by atoms with Crippen molar-refractivity contribution in [3.05, 3.63) is 59.7 Å². The molecule has 3 N–H and O–H groups in total. The molecule has 0 unspecified atom stereocenters. The van der Waals surface area contributed by atoms with Gasteiger partial charge in [-0.05, 0) is 50.6 Å². The first-order valence-electron chi connectivity index (χ1n) is 9.27. The number of nitrogens with two attached hydrogens (primary N) is 1. The average Bonchev–Trinajstić information content (AvgIpc) is 3.10. The summed E-state index contributed by atoms with van der Waals surface area (Å²) in [5, 5.41) is 11.8. The Morgan fingerprint density at radius 2 is 1.83 bits per heavy atom. The van der Waals surface area contributed by atoms with Gasteiger partial charge in [0.25, 0.3) is 0 Å². The minimum absolute atomic E-state index is 0.162. The van der Waals surface area contributed by atoms with Crippen LogP contribution in [0.15, 0.2) is 53.7 Å². The molecule has 8 heteroatoms. The van der Waals surface area contributed by atoms with Gasteiger partial charge in [0.15, 0.2) is 11.0 Å². The molecule has 3 rings (SSSR count). The van der Waals surface area contributed by atoms with Crippen molar-refractivity contribution >= 4 is 29.3 Å². The minimum Gasteiger partial charge on any atom is -0.366 e. The molecule has 0 aliphatic heterocycles. The second kappa shape index (κ2) is 8.91. The fourth-order valence-corrected chi connectivity index (χ4v) is 3.77. The number of carbonyl (C=O) groups is 2. The van der Waals surface area contributed by atoms with Crippen LogP contribution in [0.25, 0.3) is 11.4 Å². The largest absolute Gasteiger partial charge is 0.366 e. The molecule has 2 amide bonds. The van der Waals surface area contributed by atoms with Gasteiger partial charge in [-0.1, -0.05) is 36.0 Å². The number of thioether (sulfide) groups is 1. The molecule has 1 heterocycles. The van der Waals surface area contributed by atoms with Crippen LogP contribution in [0.1, 0.15) is 29.8 Å². The first-order valence-corrected chi connectivity index (χ1v) is 10.1. The lowest BCUT2D eigenvalue weighted by atomic mass is 10.1. The summed E-state index contributed by atoms with van der Waals surface area (Å²) < 4.78 is 2.01. The van der Waals surface area contributed by atoms with Crippen molar-refractivity contribution in [2.75, 3.05) is 5.32 Å². The summed E-state index contributed by atoms with van der Waals surface area (Å²) >= 11 is 1.35. The number of benzene rings is 2. The molecule has 1 aromatic heterocycles. The Bertz CT molecular complexity index is 1030. The van der Waals surface area contributed by atoms with Gasteiger partial charge in [-0.3, -0.25) is 9.59 Å². The van der Waals surface area contributed by atoms with Crippen molar-refractivity contribution in [3.63, 3.8) is 0 Å². The van der Waals surface area contributed by atoms with Gasteiger partial charge >= 0.3 is 0 Å². The highest BCUT2D eigenvalue weighted by atomic mass is 32.2. The van der Waals surface area contributed by atoms with Crippen LogP contribution < -0.4 is 11.1 Å². The van der Waals surface area contributed by atoms with E-state index in [9.17, 15) is 9.59 Å². The summed E-state index contributed by atoms with van der Waals surface area (Å²) in [7, 11) is 0. The topological polar surface area (TPSA) is 103 Å². The van der Waals surface area contributed by atoms with E-state index in [0.29, 0.717) is 23.0 Å². The van der Waals surface area contributed by atoms with Crippen LogP contribution in [0.4, 0.5) is 5.69 Å². The Hall–Kier alpha value is -3.13. The Kier molecular flexibility index (Phi) is 6.33. The Balaban J connectivity index is 1.73. The zero-order valence-electron chi connectivity index (χ0n) is 16.5. The second-order valence-electron chi connectivity index (χ2n) is 6.56. The maximum atomic E-state index is 12.6. The number of hydrogen-bond donors (Lipinski definition) is 2. The second-order valence-corrected chi connectivity index (χ2v) is 7.86. The molecule has 0 saturated carbocycles. The Morgan fingerprint density at radius 1 is 1.14 bits per heavy atom. The number of nitrogens with zero attached hydrogens (tertiary/aromatic N) is 3. The number of amides is 2. The van der Waals surface area contributed by atoms with E-state index in [4.69, 9.17) is 5.73 Å². The van der Waals surface area contributed by atoms with Gasteiger partial charge in [-0.2, -0.15) is 0 Å². The van der Waals surface area contributed by atoms with Crippen molar-refractivity contribution in [3.8, 4) is 11.4 Å². The van der Waals surface area contributed by atoms with Crippen LogP contribution in [0, 0.1) is 6.92 Å². The molecule has 0 bridgehead atoms. The monoisotopic (exact) mass is 409 g/mol. The molecule has 0 saturated heterocycles. The number of aryl methyl sites for hydroxylation is 1. The first kappa shape index (κ1) is 20.6. The molecule has 0 aliphatic carbocycles. The summed E-state index contributed by atoms with van der Waals surface area (Å²) in [5.41, 5.74) is 8.38. The molecule has 0 spiro atoms. The van der Waals surface area contributed by atoms with Gasteiger partial charge in [-0.25, -0.2) is 0 Å². The van der Waals surface area contributed by atoms with E-state index in [0.717, 1.165) is 17.0 Å². The minimum atomic E-state index is -0.504. The number of hydrogen-bond acceptors (Lipinski definition) is 5. The van der Waals surface area contributed by atoms with E-state index in [1.54, 1.807) is 24.3 Å². The normalized spacial score (nSPS) is 11.8. The smallest absolute Gasteiger partial charge is 0.248 e. The van der Waals surface area contributed by atoms with Crippen LogP contribution in [0.2, 0.25) is 0 Å². The maximum absolute atomic E-state index is 12.6. The fraction of sp³-hybridized carbons (Fsp3) is 0.238. The lowest BCUT2D eigenvalue weighted by Crippen LogP contribution is -2.23. The SMILES string of the molecule is CCn1c(S[C@H](C)C(=O)Nc2ccc(C(N)=O)cc2)nnc1-c1ccccc1C. The number of anilines is 1. The molecular weight excluding hydrogens is 386 g/mol. The van der Waals surface area contributed by atoms with Gasteiger partial charge in [0.1, 0.15) is 0 Å². The summed E-state index contributed by atoms with van der Waals surface area (Å²) in [5.74, 6) is 0.128. The molecule has 0 radical (unpaired) electrons. The number of rotatable bonds is 7. The molecule has 0 aliphatic rings. The third-order valence-electron chi connectivity index (χ3n) is 4.51. The molecule has 150 valence electrons. The van der Waals surface area contributed by atoms with Crippen molar-refractivity contribution < 1.29 is 9.59 Å². The molecule has 7 nitrogen and oxygen atoms in total. The van der Waals surface area contributed by atoms with E-state index in [1.165, 1.54) is 11.8 Å². The Labute approximate surface area is 173 Å². The maximum Gasteiger partial charge on any atom is 0.248 e. The predicted octanol–water partition coefficient (Wildman–Crippen LogP) is 3.49. The standard InChI is InChI=1S/C21H23N5O2S/c1-4-26-19(17-8-6-5-7-13(17)2)24-25-21(26)29-14(3)20(28)23-16-11-9-15(10-12-16)18(22)27/h5-12,14H,4H2,1-3H3,(H2,22,27)(H,23,28)/t14-/m1/s1. The number of primary amides is 1. The lowest BCUT2D eigenvalue weighted by Gasteiger charge is -2.13. The molecule has 0 fully saturated rings. The van der Waals surface area contributed by atoms with Crippen LogP contribution in [0.3, 0.4) is 0 Å². The summed E-state index contributed by atoms with van der Waals surface area (Å²) in [4.78, 5) is 23.7. The van der Waals surface area contributed by atoms with Crippen LogP contribution in [0.5, 0.6) is 0 Å². The van der Waals surface area contributed by atoms with Gasteiger partial charge in [0, 0.05) is 23.4 Å². The zero-order chi connectivity index (χ0) is 21.0. The van der Waals surface area contributed by atoms with Gasteiger partial charge in [0.05, 0.1) is 5.25 Å². The summed E-state index contributed by atoms with van der Waals surface area (Å²) in [6, 6.07) is 14.5. The van der Waals surface area contributed by atoms with E-state index < -0.39 is 5.91 Å². The number of nitrogens with one attached hydrogen (secondary N) is 1. The van der Waals surface area contributed by atoms with Crippen molar-refractivity contribution in [2.24, 2.45) is 5.73 Å². The predicted molar refractivity (Wildman–Crippen MR) is 115 cm³/mol. The number of carbonyl (C=O) groups excluding carboxylic acids is 2. The first-order chi connectivity index (χ1) is 13.9. The highest BCUT2D eigenvalue weighted by molar-refractivity contribution is 8.00. The quantitative estimate of drug-likeness (QED) is 0.582. The summed E-state index contributed by atoms with van der Waals surface area (Å²) in [6.07, 6.45) is 0. The van der Waals surface area contributed by atoms with Crippen LogP contribution in [-0.2, 0) is 11.3 Å². The molecule has 29 heavy (non-hydrogen) atoms. The van der Waals surface area contributed by atoms with E-state index in [2.05, 4.69) is 15.5 Å². The summed E-state index contributed by atoms with van der Waals surface area (Å²) in [6.45, 7) is 6.58. The molecular formula is C21H23N5O2S. The highest BCUT2D eigenvalue weighted by Gasteiger charge is 2.21. The highest BCUT2D eigenvalue weighted by Crippen LogP contribution is 2.28. The molecule has 2 aromatic carbocycles. The van der Waals surface area contributed by atoms with Crippen molar-refractivity contribution in [2.45, 2.75) is 37.7 Å². The Morgan fingerprint density at radius 3 is 2.45 bits per heavy atom. The average molecular weight is 410 g/mol. The molecule has 3 aromatic rings. The third-order valence-corrected chi connectivity index (χ3v) is 5.59. The lowest BCUT2D eigenvalue weighted by molar-refractivity contribution is -0.115. The van der Waals surface area contributed by atoms with Crippen LogP contribution in [-0.4, -0.2) is 31.8 Å². The third kappa shape index (κ3) is 4.65. The van der Waals surface area contributed by atoms with Crippen LogP contribution >= 0.6 is 11.8 Å². The molecule has 1 atom stereocenters. The van der Waals surface area contributed by atoms with E-state index in [1.807, 2.05) is 49.6 Å². The number of aromatic nitrogens is 3. The van der Waals surface area contributed by atoms with Gasteiger partial charge < -0.3 is 15.6 Å². The van der Waals surface area contributed by atoms with E-state index in [-0.39, 0.29) is 11.2 Å². The van der Waals surface area contributed by atoms with Crippen molar-refractivity contribution in [1.29, 1.82) is 0 Å². The fourth-order valence-electron chi connectivity index (χ4n) is 2.86. The van der Waals surface area contributed by atoms with Gasteiger partial charge in [-0.15, -0.1) is 10.2 Å². The van der Waals surface area contributed by atoms with Crippen molar-refractivity contribution in [1.82, 2.24) is 14.8 Å². The van der Waals surface area contributed by atoms with E-state index >= 15 is 0 Å².